The highest BCUT2D eigenvalue weighted by Crippen LogP contribution is 2.25. The second-order valence-corrected chi connectivity index (χ2v) is 5.58. The monoisotopic (exact) mass is 338 g/mol. The molecule has 2 aromatic heterocycles. The summed E-state index contributed by atoms with van der Waals surface area (Å²) >= 11 is 9.47. The van der Waals surface area contributed by atoms with Gasteiger partial charge in [-0.05, 0) is 25.1 Å². The number of hydrogen-bond donors (Lipinski definition) is 0. The Labute approximate surface area is 124 Å². The molecule has 4 nitrogen and oxygen atoms in total. The fourth-order valence-corrected chi connectivity index (χ4v) is 2.63. The first-order chi connectivity index (χ1) is 9.10. The molecule has 0 bridgehead atoms. The van der Waals surface area contributed by atoms with Crippen molar-refractivity contribution in [2.24, 2.45) is 7.05 Å². The predicted octanol–water partition coefficient (Wildman–Crippen LogP) is 3.57. The third-order valence-corrected chi connectivity index (χ3v) is 3.87. The van der Waals surface area contributed by atoms with Crippen LogP contribution in [-0.2, 0) is 12.9 Å². The largest absolute Gasteiger partial charge is 0.278 e. The van der Waals surface area contributed by atoms with Gasteiger partial charge in [0.2, 0.25) is 0 Å². The maximum Gasteiger partial charge on any atom is 0.160 e. The number of aryl methyl sites for hydroxylation is 2. The van der Waals surface area contributed by atoms with Gasteiger partial charge in [-0.25, -0.2) is 4.98 Å². The van der Waals surface area contributed by atoms with E-state index >= 15 is 0 Å². The summed E-state index contributed by atoms with van der Waals surface area (Å²) in [5.74, 6) is 2.00. The molecule has 0 aliphatic carbocycles. The fourth-order valence-electron chi connectivity index (χ4n) is 2.10. The van der Waals surface area contributed by atoms with Gasteiger partial charge in [0, 0.05) is 23.3 Å². The molecule has 0 atom stereocenters. The zero-order chi connectivity index (χ0) is 13.6. The average Bonchev–Trinajstić information content (AvgIpc) is 2.89. The molecule has 0 unspecified atom stereocenters. The highest BCUT2D eigenvalue weighted by Gasteiger charge is 2.14. The minimum atomic E-state index is 0.349. The zero-order valence-electron chi connectivity index (χ0n) is 10.6. The maximum atomic E-state index is 6.01. The number of alkyl halides is 1. The molecule has 0 N–H and O–H groups in total. The van der Waals surface area contributed by atoms with E-state index in [1.165, 1.54) is 0 Å². The number of halogens is 2. The molecule has 98 valence electrons. The highest BCUT2D eigenvalue weighted by molar-refractivity contribution is 9.10. The molecule has 0 aliphatic heterocycles. The number of rotatable bonds is 2. The van der Waals surface area contributed by atoms with Crippen LogP contribution >= 0.6 is 27.5 Å². The molecule has 1 aromatic carbocycles. The van der Waals surface area contributed by atoms with E-state index in [2.05, 4.69) is 26.0 Å². The van der Waals surface area contributed by atoms with Crippen molar-refractivity contribution in [3.63, 3.8) is 0 Å². The van der Waals surface area contributed by atoms with E-state index in [1.54, 1.807) is 0 Å². The van der Waals surface area contributed by atoms with E-state index in [4.69, 9.17) is 11.6 Å². The highest BCUT2D eigenvalue weighted by atomic mass is 79.9. The first kappa shape index (κ1) is 12.7. The summed E-state index contributed by atoms with van der Waals surface area (Å²) in [5.41, 5.74) is 3.01. The lowest BCUT2D eigenvalue weighted by atomic mass is 10.3. The van der Waals surface area contributed by atoms with Crippen molar-refractivity contribution in [1.29, 1.82) is 0 Å². The van der Waals surface area contributed by atoms with Gasteiger partial charge in [-0.15, -0.1) is 11.6 Å². The molecule has 0 spiro atoms. The molecule has 3 aromatic rings. The van der Waals surface area contributed by atoms with Crippen LogP contribution in [0, 0.1) is 6.92 Å². The van der Waals surface area contributed by atoms with Crippen LogP contribution in [0.2, 0.25) is 0 Å². The molecule has 0 amide bonds. The van der Waals surface area contributed by atoms with E-state index in [0.29, 0.717) is 5.88 Å². The number of nitrogens with zero attached hydrogens (tertiary/aromatic N) is 4. The Morgan fingerprint density at radius 2 is 2.11 bits per heavy atom. The second-order valence-electron chi connectivity index (χ2n) is 4.40. The molecule has 3 rings (SSSR count). The smallest absolute Gasteiger partial charge is 0.160 e. The van der Waals surface area contributed by atoms with Gasteiger partial charge in [0.15, 0.2) is 5.82 Å². The number of fused-ring (bicyclic) bond motifs is 1. The van der Waals surface area contributed by atoms with Gasteiger partial charge in [-0.2, -0.15) is 5.10 Å². The SMILES string of the molecule is Cc1cc(-n2c(CCl)nc3cc(Br)ccc32)nn1C. The summed E-state index contributed by atoms with van der Waals surface area (Å²) < 4.78 is 4.85. The Hall–Kier alpha value is -1.33. The van der Waals surface area contributed by atoms with Gasteiger partial charge in [0.05, 0.1) is 16.9 Å². The topological polar surface area (TPSA) is 35.6 Å². The molecule has 0 fully saturated rings. The average molecular weight is 340 g/mol. The molecular formula is C13H12BrClN4. The summed E-state index contributed by atoms with van der Waals surface area (Å²) in [4.78, 5) is 4.56. The van der Waals surface area contributed by atoms with E-state index in [1.807, 2.05) is 47.5 Å². The molecular weight excluding hydrogens is 328 g/mol. The van der Waals surface area contributed by atoms with Crippen molar-refractivity contribution in [2.45, 2.75) is 12.8 Å². The van der Waals surface area contributed by atoms with Gasteiger partial charge < -0.3 is 0 Å². The van der Waals surface area contributed by atoms with Gasteiger partial charge >= 0.3 is 0 Å². The van der Waals surface area contributed by atoms with Gasteiger partial charge in [-0.3, -0.25) is 9.25 Å². The van der Waals surface area contributed by atoms with Crippen molar-refractivity contribution in [3.05, 3.63) is 40.3 Å². The van der Waals surface area contributed by atoms with Crippen LogP contribution in [-0.4, -0.2) is 19.3 Å². The van der Waals surface area contributed by atoms with Crippen LogP contribution in [0.3, 0.4) is 0 Å². The first-order valence-electron chi connectivity index (χ1n) is 5.84. The third-order valence-electron chi connectivity index (χ3n) is 3.14. The molecule has 0 radical (unpaired) electrons. The number of benzene rings is 1. The number of aromatic nitrogens is 4. The van der Waals surface area contributed by atoms with E-state index in [9.17, 15) is 0 Å². The zero-order valence-corrected chi connectivity index (χ0v) is 12.9. The second kappa shape index (κ2) is 4.65. The van der Waals surface area contributed by atoms with Crippen LogP contribution in [0.1, 0.15) is 11.5 Å². The molecule has 0 saturated heterocycles. The summed E-state index contributed by atoms with van der Waals surface area (Å²) in [6, 6.07) is 8.03. The van der Waals surface area contributed by atoms with Gasteiger partial charge in [0.25, 0.3) is 0 Å². The van der Waals surface area contributed by atoms with Crippen LogP contribution < -0.4 is 0 Å². The van der Waals surface area contributed by atoms with Crippen molar-refractivity contribution in [3.8, 4) is 5.82 Å². The number of imidazole rings is 1. The lowest BCUT2D eigenvalue weighted by molar-refractivity contribution is 0.726. The fraction of sp³-hybridized carbons (Fsp3) is 0.231. The van der Waals surface area contributed by atoms with Crippen molar-refractivity contribution in [1.82, 2.24) is 19.3 Å². The van der Waals surface area contributed by atoms with Gasteiger partial charge in [-0.1, -0.05) is 15.9 Å². The Bertz CT molecular complexity index is 740. The molecule has 2 heterocycles. The minimum Gasteiger partial charge on any atom is -0.278 e. The molecule has 0 aliphatic rings. The van der Waals surface area contributed by atoms with Crippen molar-refractivity contribution in [2.75, 3.05) is 0 Å². The van der Waals surface area contributed by atoms with Crippen LogP contribution in [0.25, 0.3) is 16.9 Å². The Morgan fingerprint density at radius 1 is 1.32 bits per heavy atom. The van der Waals surface area contributed by atoms with E-state index in [0.717, 1.165) is 32.8 Å². The van der Waals surface area contributed by atoms with Crippen LogP contribution in [0.15, 0.2) is 28.7 Å². The van der Waals surface area contributed by atoms with E-state index in [-0.39, 0.29) is 0 Å². The first-order valence-corrected chi connectivity index (χ1v) is 7.17. The summed E-state index contributed by atoms with van der Waals surface area (Å²) in [7, 11) is 1.93. The lowest BCUT2D eigenvalue weighted by Gasteiger charge is -2.03. The van der Waals surface area contributed by atoms with Crippen LogP contribution in [0.5, 0.6) is 0 Å². The number of hydrogen-bond acceptors (Lipinski definition) is 2. The Kier molecular flexibility index (Phi) is 3.11. The minimum absolute atomic E-state index is 0.349. The normalized spacial score (nSPS) is 11.4. The van der Waals surface area contributed by atoms with Gasteiger partial charge in [0.1, 0.15) is 5.82 Å². The third kappa shape index (κ3) is 2.07. The lowest BCUT2D eigenvalue weighted by Crippen LogP contribution is -2.01. The Morgan fingerprint density at radius 3 is 2.74 bits per heavy atom. The van der Waals surface area contributed by atoms with E-state index < -0.39 is 0 Å². The Balaban J connectivity index is 2.32. The summed E-state index contributed by atoms with van der Waals surface area (Å²) in [6.45, 7) is 2.02. The van der Waals surface area contributed by atoms with Crippen molar-refractivity contribution < 1.29 is 0 Å². The molecule has 0 saturated carbocycles. The molecule has 19 heavy (non-hydrogen) atoms. The predicted molar refractivity (Wildman–Crippen MR) is 79.8 cm³/mol. The quantitative estimate of drug-likeness (QED) is 0.669. The van der Waals surface area contributed by atoms with Crippen molar-refractivity contribution >= 4 is 38.6 Å². The summed E-state index contributed by atoms with van der Waals surface area (Å²) in [6.07, 6.45) is 0. The summed E-state index contributed by atoms with van der Waals surface area (Å²) in [5, 5.41) is 4.50. The van der Waals surface area contributed by atoms with Crippen LogP contribution in [0.4, 0.5) is 0 Å². The molecule has 6 heteroatoms. The standard InChI is InChI=1S/C13H12BrClN4/c1-8-5-12(17-18(8)2)19-11-4-3-9(14)6-10(11)16-13(19)7-15/h3-6H,7H2,1-2H3. The maximum absolute atomic E-state index is 6.01.